The lowest BCUT2D eigenvalue weighted by Crippen LogP contribution is -2.15. The van der Waals surface area contributed by atoms with E-state index in [1.54, 1.807) is 12.4 Å². The minimum absolute atomic E-state index is 0.244. The van der Waals surface area contributed by atoms with E-state index in [0.717, 1.165) is 31.7 Å². The van der Waals surface area contributed by atoms with Crippen molar-refractivity contribution < 1.29 is 4.74 Å². The van der Waals surface area contributed by atoms with Gasteiger partial charge in [-0.15, -0.1) is 0 Å². The molecule has 2 aromatic rings. The molecule has 0 spiro atoms. The molecule has 2 aromatic heterocycles. The molecule has 1 N–H and O–H groups in total. The highest BCUT2D eigenvalue weighted by Gasteiger charge is 2.16. The summed E-state index contributed by atoms with van der Waals surface area (Å²) in [5, 5.41) is 16.3. The van der Waals surface area contributed by atoms with Crippen molar-refractivity contribution in [2.45, 2.75) is 25.5 Å². The van der Waals surface area contributed by atoms with E-state index in [-0.39, 0.29) is 11.8 Å². The van der Waals surface area contributed by atoms with Crippen LogP contribution in [0.25, 0.3) is 0 Å². The van der Waals surface area contributed by atoms with Crippen molar-refractivity contribution in [3.05, 3.63) is 30.5 Å². The summed E-state index contributed by atoms with van der Waals surface area (Å²) in [4.78, 5) is 8.05. The molecule has 0 radical (unpaired) electrons. The lowest BCUT2D eigenvalue weighted by atomic mass is 10.2. The second-order valence-electron chi connectivity index (χ2n) is 4.58. The number of nitrogens with one attached hydrogen (secondary N) is 1. The summed E-state index contributed by atoms with van der Waals surface area (Å²) in [6.45, 7) is 1.58. The lowest BCUT2D eigenvalue weighted by molar-refractivity contribution is 0.0940. The van der Waals surface area contributed by atoms with E-state index in [4.69, 9.17) is 10.00 Å². The van der Waals surface area contributed by atoms with Gasteiger partial charge in [0.15, 0.2) is 11.5 Å². The van der Waals surface area contributed by atoms with Gasteiger partial charge in [0, 0.05) is 25.2 Å². The minimum atomic E-state index is 0.244. The van der Waals surface area contributed by atoms with Gasteiger partial charge in [0.25, 0.3) is 0 Å². The molecule has 0 saturated carbocycles. The Morgan fingerprint density at radius 3 is 3.15 bits per heavy atom. The zero-order chi connectivity index (χ0) is 13.8. The van der Waals surface area contributed by atoms with E-state index >= 15 is 0 Å². The Bertz CT molecular complexity index is 626. The third kappa shape index (κ3) is 2.75. The second-order valence-corrected chi connectivity index (χ2v) is 4.58. The average Bonchev–Trinajstić information content (AvgIpc) is 3.12. The highest BCUT2D eigenvalue weighted by molar-refractivity contribution is 5.58. The van der Waals surface area contributed by atoms with Crippen molar-refractivity contribution in [1.82, 2.24) is 19.7 Å². The number of hydrogen-bond acceptors (Lipinski definition) is 6. The van der Waals surface area contributed by atoms with Crippen molar-refractivity contribution in [1.29, 1.82) is 5.26 Å². The van der Waals surface area contributed by atoms with E-state index in [0.29, 0.717) is 5.82 Å². The van der Waals surface area contributed by atoms with Crippen LogP contribution in [0.3, 0.4) is 0 Å². The molecule has 7 heteroatoms. The van der Waals surface area contributed by atoms with Crippen LogP contribution in [0, 0.1) is 11.3 Å². The minimum Gasteiger partial charge on any atom is -0.376 e. The predicted octanol–water partition coefficient (Wildman–Crippen LogP) is 1.47. The number of nitrogens with zero attached hydrogens (tertiary/aromatic N) is 5. The van der Waals surface area contributed by atoms with Gasteiger partial charge in [-0.25, -0.2) is 9.97 Å². The molecular formula is C13H14N6O. The molecule has 1 aliphatic rings. The third-order valence-electron chi connectivity index (χ3n) is 3.11. The topological polar surface area (TPSA) is 88.7 Å². The summed E-state index contributed by atoms with van der Waals surface area (Å²) in [7, 11) is 0. The van der Waals surface area contributed by atoms with Gasteiger partial charge in [-0.1, -0.05) is 0 Å². The molecule has 1 atom stereocenters. The number of nitriles is 1. The molecule has 7 nitrogen and oxygen atoms in total. The number of ether oxygens (including phenoxy) is 1. The molecule has 1 unspecified atom stereocenters. The molecule has 3 rings (SSSR count). The number of rotatable bonds is 4. The summed E-state index contributed by atoms with van der Waals surface area (Å²) in [6, 6.07) is 2.00. The molecular weight excluding hydrogens is 256 g/mol. The molecule has 0 aliphatic carbocycles. The first kappa shape index (κ1) is 12.6. The van der Waals surface area contributed by atoms with Crippen LogP contribution in [0.1, 0.15) is 18.5 Å². The molecule has 102 valence electrons. The zero-order valence-corrected chi connectivity index (χ0v) is 10.9. The maximum atomic E-state index is 8.96. The van der Waals surface area contributed by atoms with Crippen LogP contribution in [-0.4, -0.2) is 32.5 Å². The van der Waals surface area contributed by atoms with Crippen molar-refractivity contribution in [3.63, 3.8) is 0 Å². The van der Waals surface area contributed by atoms with Crippen LogP contribution in [0.5, 0.6) is 0 Å². The van der Waals surface area contributed by atoms with Gasteiger partial charge in [-0.05, 0) is 12.8 Å². The molecule has 0 bridgehead atoms. The first-order valence-corrected chi connectivity index (χ1v) is 6.47. The first-order valence-electron chi connectivity index (χ1n) is 6.47. The van der Waals surface area contributed by atoms with E-state index in [2.05, 4.69) is 20.4 Å². The van der Waals surface area contributed by atoms with Gasteiger partial charge >= 0.3 is 0 Å². The van der Waals surface area contributed by atoms with Crippen LogP contribution in [-0.2, 0) is 11.3 Å². The Labute approximate surface area is 116 Å². The van der Waals surface area contributed by atoms with E-state index in [1.807, 2.05) is 16.9 Å². The fourth-order valence-corrected chi connectivity index (χ4v) is 2.17. The fourth-order valence-electron chi connectivity index (χ4n) is 2.17. The highest BCUT2D eigenvalue weighted by Crippen LogP contribution is 2.17. The summed E-state index contributed by atoms with van der Waals surface area (Å²) >= 11 is 0. The molecule has 20 heavy (non-hydrogen) atoms. The molecule has 1 aliphatic heterocycles. The monoisotopic (exact) mass is 270 g/mol. The highest BCUT2D eigenvalue weighted by atomic mass is 16.5. The van der Waals surface area contributed by atoms with E-state index in [1.165, 1.54) is 6.20 Å². The van der Waals surface area contributed by atoms with Gasteiger partial charge in [0.1, 0.15) is 6.07 Å². The van der Waals surface area contributed by atoms with Crippen molar-refractivity contribution in [2.75, 3.05) is 11.9 Å². The fraction of sp³-hybridized carbons (Fsp3) is 0.385. The largest absolute Gasteiger partial charge is 0.376 e. The Morgan fingerprint density at radius 2 is 2.35 bits per heavy atom. The van der Waals surface area contributed by atoms with Crippen LogP contribution >= 0.6 is 0 Å². The third-order valence-corrected chi connectivity index (χ3v) is 3.11. The number of hydrogen-bond donors (Lipinski definition) is 1. The summed E-state index contributed by atoms with van der Waals surface area (Å²) in [6.07, 6.45) is 9.04. The SMILES string of the molecule is N#Cc1nccnc1Nc1cnn(CC2CCCO2)c1. The number of anilines is 2. The van der Waals surface area contributed by atoms with Crippen LogP contribution in [0.15, 0.2) is 24.8 Å². The Morgan fingerprint density at radius 1 is 1.45 bits per heavy atom. The Hall–Kier alpha value is -2.46. The molecule has 1 fully saturated rings. The molecule has 0 amide bonds. The van der Waals surface area contributed by atoms with Gasteiger partial charge in [-0.3, -0.25) is 4.68 Å². The maximum Gasteiger partial charge on any atom is 0.183 e. The normalized spacial score (nSPS) is 17.9. The second kappa shape index (κ2) is 5.67. The van der Waals surface area contributed by atoms with E-state index < -0.39 is 0 Å². The maximum absolute atomic E-state index is 8.96. The summed E-state index contributed by atoms with van der Waals surface area (Å²) in [5.41, 5.74) is 1.04. The van der Waals surface area contributed by atoms with Gasteiger partial charge in [0.05, 0.1) is 24.5 Å². The Balaban J connectivity index is 1.69. The quantitative estimate of drug-likeness (QED) is 0.905. The van der Waals surface area contributed by atoms with Crippen molar-refractivity contribution in [2.24, 2.45) is 0 Å². The van der Waals surface area contributed by atoms with E-state index in [9.17, 15) is 0 Å². The van der Waals surface area contributed by atoms with Crippen LogP contribution < -0.4 is 5.32 Å². The first-order chi connectivity index (χ1) is 9.85. The summed E-state index contributed by atoms with van der Waals surface area (Å²) < 4.78 is 7.41. The van der Waals surface area contributed by atoms with Gasteiger partial charge in [-0.2, -0.15) is 10.4 Å². The van der Waals surface area contributed by atoms with Gasteiger partial charge < -0.3 is 10.1 Å². The molecule has 0 aromatic carbocycles. The Kier molecular flexibility index (Phi) is 3.56. The lowest BCUT2D eigenvalue weighted by Gasteiger charge is -2.08. The average molecular weight is 270 g/mol. The standard InChI is InChI=1S/C13H14N6O/c14-6-12-13(16-4-3-15-12)18-10-7-17-19(8-10)9-11-2-1-5-20-11/h3-4,7-8,11H,1-2,5,9H2,(H,16,18). The molecule has 1 saturated heterocycles. The van der Waals surface area contributed by atoms with Gasteiger partial charge in [0.2, 0.25) is 0 Å². The van der Waals surface area contributed by atoms with Crippen LogP contribution in [0.4, 0.5) is 11.5 Å². The molecule has 3 heterocycles. The van der Waals surface area contributed by atoms with Crippen molar-refractivity contribution in [3.8, 4) is 6.07 Å². The summed E-state index contributed by atoms with van der Waals surface area (Å²) in [5.74, 6) is 0.437. The number of aromatic nitrogens is 4. The predicted molar refractivity (Wildman–Crippen MR) is 71.2 cm³/mol. The zero-order valence-electron chi connectivity index (χ0n) is 10.9. The van der Waals surface area contributed by atoms with Crippen LogP contribution in [0.2, 0.25) is 0 Å². The van der Waals surface area contributed by atoms with Crippen molar-refractivity contribution >= 4 is 11.5 Å². The smallest absolute Gasteiger partial charge is 0.183 e.